The lowest BCUT2D eigenvalue weighted by molar-refractivity contribution is -0.116. The molecule has 2 heterocycles. The summed E-state index contributed by atoms with van der Waals surface area (Å²) in [6, 6.07) is 0.576. The van der Waals surface area contributed by atoms with E-state index in [1.807, 2.05) is 6.20 Å². The van der Waals surface area contributed by atoms with Crippen LogP contribution in [0, 0.1) is 17.8 Å². The van der Waals surface area contributed by atoms with Gasteiger partial charge in [-0.3, -0.25) is 0 Å². The number of imidazole rings is 1. The van der Waals surface area contributed by atoms with Gasteiger partial charge in [0.2, 0.25) is 0 Å². The first-order valence-corrected chi connectivity index (χ1v) is 7.04. The molecule has 4 nitrogen and oxygen atoms in total. The van der Waals surface area contributed by atoms with Crippen LogP contribution in [-0.2, 0) is 11.2 Å². The van der Waals surface area contributed by atoms with Gasteiger partial charge in [0.1, 0.15) is 6.29 Å². The Kier molecular flexibility index (Phi) is 3.46. The number of aldehydes is 1. The number of carbonyl (C=O) groups excluding carboxylic acids is 1. The van der Waals surface area contributed by atoms with Gasteiger partial charge in [0.25, 0.3) is 0 Å². The van der Waals surface area contributed by atoms with Crippen LogP contribution in [0.25, 0.3) is 0 Å². The van der Waals surface area contributed by atoms with Crippen LogP contribution in [-0.4, -0.2) is 28.8 Å². The SMILES string of the molecule is O=CC1C(Cc2cnc[nH]2)CCC2NCCCC21. The van der Waals surface area contributed by atoms with Crippen molar-refractivity contribution < 1.29 is 4.79 Å². The van der Waals surface area contributed by atoms with Crippen molar-refractivity contribution in [3.05, 3.63) is 18.2 Å². The number of H-pyrrole nitrogens is 1. The molecule has 4 atom stereocenters. The van der Waals surface area contributed by atoms with Crippen molar-refractivity contribution in [1.29, 1.82) is 0 Å². The normalized spacial score (nSPS) is 36.0. The summed E-state index contributed by atoms with van der Waals surface area (Å²) < 4.78 is 0. The Bertz CT molecular complexity index is 390. The fourth-order valence-corrected chi connectivity index (χ4v) is 3.82. The number of nitrogens with one attached hydrogen (secondary N) is 2. The predicted octanol–water partition coefficient (Wildman–Crippen LogP) is 1.55. The van der Waals surface area contributed by atoms with Crippen LogP contribution in [0.4, 0.5) is 0 Å². The molecule has 1 aromatic rings. The Morgan fingerprint density at radius 2 is 2.33 bits per heavy atom. The highest BCUT2D eigenvalue weighted by Gasteiger charge is 2.40. The molecule has 0 spiro atoms. The summed E-state index contributed by atoms with van der Waals surface area (Å²) in [7, 11) is 0. The monoisotopic (exact) mass is 247 g/mol. The van der Waals surface area contributed by atoms with E-state index in [0.29, 0.717) is 17.9 Å². The van der Waals surface area contributed by atoms with E-state index >= 15 is 0 Å². The molecule has 4 heteroatoms. The van der Waals surface area contributed by atoms with E-state index in [-0.39, 0.29) is 5.92 Å². The molecule has 4 unspecified atom stereocenters. The third kappa shape index (κ3) is 2.21. The lowest BCUT2D eigenvalue weighted by Crippen LogP contribution is -2.50. The second kappa shape index (κ2) is 5.22. The van der Waals surface area contributed by atoms with E-state index < -0.39 is 0 Å². The summed E-state index contributed by atoms with van der Waals surface area (Å²) in [5, 5.41) is 3.59. The zero-order valence-electron chi connectivity index (χ0n) is 10.6. The van der Waals surface area contributed by atoms with E-state index in [2.05, 4.69) is 15.3 Å². The number of hydrogen-bond acceptors (Lipinski definition) is 3. The fraction of sp³-hybridized carbons (Fsp3) is 0.714. The van der Waals surface area contributed by atoms with Gasteiger partial charge >= 0.3 is 0 Å². The molecule has 1 aliphatic heterocycles. The number of piperidine rings is 1. The summed E-state index contributed by atoms with van der Waals surface area (Å²) in [4.78, 5) is 18.7. The number of aromatic amines is 1. The molecule has 3 rings (SSSR count). The standard InChI is InChI=1S/C14H21N3O/c18-8-13-10(6-11-7-15-9-17-11)3-4-14-12(13)2-1-5-16-14/h7-10,12-14,16H,1-6H2,(H,15,17). The van der Waals surface area contributed by atoms with Gasteiger partial charge in [-0.05, 0) is 50.5 Å². The molecule has 98 valence electrons. The summed E-state index contributed by atoms with van der Waals surface area (Å²) >= 11 is 0. The molecule has 0 radical (unpaired) electrons. The third-order valence-corrected chi connectivity index (χ3v) is 4.72. The molecule has 0 bridgehead atoms. The van der Waals surface area contributed by atoms with Gasteiger partial charge in [0.05, 0.1) is 6.33 Å². The first-order valence-electron chi connectivity index (χ1n) is 7.04. The number of nitrogens with zero attached hydrogens (tertiary/aromatic N) is 1. The van der Waals surface area contributed by atoms with Gasteiger partial charge < -0.3 is 15.1 Å². The summed E-state index contributed by atoms with van der Waals surface area (Å²) in [6.07, 6.45) is 10.6. The molecule has 1 aromatic heterocycles. The first-order chi connectivity index (χ1) is 8.88. The molecule has 1 aliphatic carbocycles. The van der Waals surface area contributed by atoms with Gasteiger partial charge in [0, 0.05) is 23.9 Å². The number of hydrogen-bond donors (Lipinski definition) is 2. The van der Waals surface area contributed by atoms with Crippen LogP contribution in [0.1, 0.15) is 31.4 Å². The second-order valence-electron chi connectivity index (χ2n) is 5.70. The first kappa shape index (κ1) is 11.9. The minimum absolute atomic E-state index is 0.222. The Balaban J connectivity index is 1.72. The highest BCUT2D eigenvalue weighted by Crippen LogP contribution is 2.39. The van der Waals surface area contributed by atoms with Crippen LogP contribution in [0.5, 0.6) is 0 Å². The van der Waals surface area contributed by atoms with Crippen molar-refractivity contribution in [2.45, 2.75) is 38.1 Å². The second-order valence-corrected chi connectivity index (χ2v) is 5.70. The van der Waals surface area contributed by atoms with Gasteiger partial charge in [0.15, 0.2) is 0 Å². The Labute approximate surface area is 108 Å². The van der Waals surface area contributed by atoms with Crippen molar-refractivity contribution in [2.75, 3.05) is 6.54 Å². The number of fused-ring (bicyclic) bond motifs is 1. The molecule has 1 saturated carbocycles. The molecule has 0 amide bonds. The fourth-order valence-electron chi connectivity index (χ4n) is 3.82. The van der Waals surface area contributed by atoms with Crippen LogP contribution < -0.4 is 5.32 Å². The average molecular weight is 247 g/mol. The highest BCUT2D eigenvalue weighted by molar-refractivity contribution is 5.55. The minimum Gasteiger partial charge on any atom is -0.348 e. The van der Waals surface area contributed by atoms with Crippen LogP contribution in [0.15, 0.2) is 12.5 Å². The predicted molar refractivity (Wildman–Crippen MR) is 69.1 cm³/mol. The van der Waals surface area contributed by atoms with Crippen LogP contribution in [0.2, 0.25) is 0 Å². The van der Waals surface area contributed by atoms with E-state index in [1.165, 1.54) is 25.5 Å². The Hall–Kier alpha value is -1.16. The van der Waals surface area contributed by atoms with Crippen molar-refractivity contribution in [2.24, 2.45) is 17.8 Å². The van der Waals surface area contributed by atoms with Crippen molar-refractivity contribution >= 4 is 6.29 Å². The quantitative estimate of drug-likeness (QED) is 0.797. The molecule has 2 aliphatic rings. The number of rotatable bonds is 3. The van der Waals surface area contributed by atoms with E-state index in [4.69, 9.17) is 0 Å². The molecular weight excluding hydrogens is 226 g/mol. The highest BCUT2D eigenvalue weighted by atomic mass is 16.1. The number of carbonyl (C=O) groups is 1. The van der Waals surface area contributed by atoms with E-state index in [0.717, 1.165) is 25.1 Å². The lowest BCUT2D eigenvalue weighted by atomic mass is 9.66. The summed E-state index contributed by atoms with van der Waals surface area (Å²) in [5.74, 6) is 1.27. The van der Waals surface area contributed by atoms with Crippen molar-refractivity contribution in [3.63, 3.8) is 0 Å². The van der Waals surface area contributed by atoms with Crippen molar-refractivity contribution in [1.82, 2.24) is 15.3 Å². The zero-order chi connectivity index (χ0) is 12.4. The maximum absolute atomic E-state index is 11.5. The minimum atomic E-state index is 0.222. The van der Waals surface area contributed by atoms with Gasteiger partial charge in [-0.2, -0.15) is 0 Å². The van der Waals surface area contributed by atoms with Gasteiger partial charge in [-0.1, -0.05) is 0 Å². The zero-order valence-corrected chi connectivity index (χ0v) is 10.6. The topological polar surface area (TPSA) is 57.8 Å². The average Bonchev–Trinajstić information content (AvgIpc) is 2.91. The van der Waals surface area contributed by atoms with Crippen LogP contribution >= 0.6 is 0 Å². The van der Waals surface area contributed by atoms with Gasteiger partial charge in [-0.15, -0.1) is 0 Å². The molecule has 0 aromatic carbocycles. The summed E-state index contributed by atoms with van der Waals surface area (Å²) in [6.45, 7) is 1.12. The van der Waals surface area contributed by atoms with Crippen LogP contribution in [0.3, 0.4) is 0 Å². The number of aromatic nitrogens is 2. The van der Waals surface area contributed by atoms with Crippen molar-refractivity contribution in [3.8, 4) is 0 Å². The van der Waals surface area contributed by atoms with E-state index in [1.54, 1.807) is 6.33 Å². The maximum atomic E-state index is 11.5. The molecule has 2 N–H and O–H groups in total. The molecule has 18 heavy (non-hydrogen) atoms. The third-order valence-electron chi connectivity index (χ3n) is 4.72. The maximum Gasteiger partial charge on any atom is 0.123 e. The lowest BCUT2D eigenvalue weighted by Gasteiger charge is -2.43. The smallest absolute Gasteiger partial charge is 0.123 e. The molecule has 2 fully saturated rings. The molecule has 1 saturated heterocycles. The summed E-state index contributed by atoms with van der Waals surface area (Å²) in [5.41, 5.74) is 1.16. The van der Waals surface area contributed by atoms with Gasteiger partial charge in [-0.25, -0.2) is 4.98 Å². The Morgan fingerprint density at radius 1 is 1.39 bits per heavy atom. The Morgan fingerprint density at radius 3 is 3.11 bits per heavy atom. The molecular formula is C14H21N3O. The largest absolute Gasteiger partial charge is 0.348 e. The van der Waals surface area contributed by atoms with E-state index in [9.17, 15) is 4.79 Å².